The lowest BCUT2D eigenvalue weighted by Gasteiger charge is -2.15. The van der Waals surface area contributed by atoms with Crippen LogP contribution in [0.15, 0.2) is 36.5 Å². The first-order valence-corrected chi connectivity index (χ1v) is 7.25. The maximum Gasteiger partial charge on any atom is 0.341 e. The van der Waals surface area contributed by atoms with Gasteiger partial charge in [-0.05, 0) is 37.6 Å². The van der Waals surface area contributed by atoms with Gasteiger partial charge in [0.15, 0.2) is 11.3 Å². The Morgan fingerprint density at radius 1 is 1.30 bits per heavy atom. The largest absolute Gasteiger partial charge is 0.449 e. The molecule has 1 aromatic heterocycles. The van der Waals surface area contributed by atoms with E-state index in [1.807, 2.05) is 0 Å². The molecule has 23 heavy (non-hydrogen) atoms. The van der Waals surface area contributed by atoms with Gasteiger partial charge in [0.25, 0.3) is 5.91 Å². The van der Waals surface area contributed by atoms with Crippen molar-refractivity contribution in [2.45, 2.75) is 20.0 Å². The number of hydrogen-bond donors (Lipinski definition) is 2. The van der Waals surface area contributed by atoms with E-state index in [9.17, 15) is 9.59 Å². The topological polar surface area (TPSA) is 94.3 Å². The quantitative estimate of drug-likeness (QED) is 0.509. The Labute approximate surface area is 138 Å². The Bertz CT molecular complexity index is 749. The summed E-state index contributed by atoms with van der Waals surface area (Å²) in [6.07, 6.45) is 0.487. The molecule has 6 nitrogen and oxygen atoms in total. The van der Waals surface area contributed by atoms with Crippen molar-refractivity contribution in [2.24, 2.45) is 0 Å². The van der Waals surface area contributed by atoms with Crippen molar-refractivity contribution in [1.82, 2.24) is 4.98 Å². The number of benzene rings is 1. The van der Waals surface area contributed by atoms with Crippen molar-refractivity contribution in [1.29, 1.82) is 0 Å². The molecule has 0 aliphatic rings. The molecule has 0 saturated heterocycles. The van der Waals surface area contributed by atoms with Gasteiger partial charge in [0.2, 0.25) is 0 Å². The van der Waals surface area contributed by atoms with E-state index in [4.69, 9.17) is 22.1 Å². The summed E-state index contributed by atoms with van der Waals surface area (Å²) in [7, 11) is 0. The number of halogens is 1. The summed E-state index contributed by atoms with van der Waals surface area (Å²) in [6, 6.07) is 8.26. The number of para-hydroxylation sites is 1. The number of ether oxygens (including phenoxy) is 1. The molecule has 0 aliphatic heterocycles. The van der Waals surface area contributed by atoms with Gasteiger partial charge >= 0.3 is 5.97 Å². The second-order valence-corrected chi connectivity index (χ2v) is 5.27. The van der Waals surface area contributed by atoms with E-state index in [1.54, 1.807) is 37.3 Å². The number of nitrogens with zero attached hydrogens (tertiary/aromatic N) is 1. The van der Waals surface area contributed by atoms with E-state index in [1.165, 1.54) is 13.1 Å². The summed E-state index contributed by atoms with van der Waals surface area (Å²) >= 11 is 5.86. The van der Waals surface area contributed by atoms with Gasteiger partial charge in [-0.15, -0.1) is 0 Å². The first kappa shape index (κ1) is 16.8. The van der Waals surface area contributed by atoms with Crippen molar-refractivity contribution >= 4 is 34.9 Å². The number of carbonyl (C=O) groups is 2. The molecule has 1 atom stereocenters. The number of carbonyl (C=O) groups excluding carboxylic acids is 2. The van der Waals surface area contributed by atoms with Crippen molar-refractivity contribution in [2.75, 3.05) is 11.1 Å². The maximum absolute atomic E-state index is 12.1. The van der Waals surface area contributed by atoms with Crippen LogP contribution in [-0.4, -0.2) is 23.0 Å². The summed E-state index contributed by atoms with van der Waals surface area (Å²) in [4.78, 5) is 28.1. The molecule has 0 saturated carbocycles. The number of anilines is 2. The zero-order valence-electron chi connectivity index (χ0n) is 12.7. The molecule has 120 valence electrons. The Balaban J connectivity index is 2.05. The normalized spacial score (nSPS) is 11.6. The molecule has 0 fully saturated rings. The van der Waals surface area contributed by atoms with Gasteiger partial charge < -0.3 is 15.8 Å². The summed E-state index contributed by atoms with van der Waals surface area (Å²) in [5.41, 5.74) is 7.52. The van der Waals surface area contributed by atoms with Gasteiger partial charge in [0, 0.05) is 11.9 Å². The molecule has 2 rings (SSSR count). The maximum atomic E-state index is 12.1. The van der Waals surface area contributed by atoms with Crippen LogP contribution in [0.2, 0.25) is 5.15 Å². The molecule has 0 bridgehead atoms. The number of hydrogen-bond acceptors (Lipinski definition) is 5. The van der Waals surface area contributed by atoms with Gasteiger partial charge in [-0.25, -0.2) is 9.78 Å². The van der Waals surface area contributed by atoms with Crippen molar-refractivity contribution < 1.29 is 14.3 Å². The van der Waals surface area contributed by atoms with Crippen molar-refractivity contribution in [3.05, 3.63) is 52.8 Å². The summed E-state index contributed by atoms with van der Waals surface area (Å²) in [5, 5.41) is 2.71. The van der Waals surface area contributed by atoms with Crippen LogP contribution in [0.25, 0.3) is 0 Å². The Hall–Kier alpha value is -2.60. The lowest BCUT2D eigenvalue weighted by molar-refractivity contribution is -0.123. The third-order valence-electron chi connectivity index (χ3n) is 3.21. The van der Waals surface area contributed by atoms with E-state index in [0.29, 0.717) is 11.4 Å². The number of esters is 1. The molecule has 3 N–H and O–H groups in total. The lowest BCUT2D eigenvalue weighted by atomic mass is 10.1. The predicted octanol–water partition coefficient (Wildman–Crippen LogP) is 2.81. The van der Waals surface area contributed by atoms with Crippen LogP contribution in [-0.2, 0) is 9.53 Å². The minimum Gasteiger partial charge on any atom is -0.449 e. The van der Waals surface area contributed by atoms with Gasteiger partial charge in [0.05, 0.1) is 11.3 Å². The molecule has 0 aliphatic carbocycles. The fourth-order valence-electron chi connectivity index (χ4n) is 1.85. The number of nitrogens with one attached hydrogen (secondary N) is 1. The number of aryl methyl sites for hydroxylation is 1. The first-order chi connectivity index (χ1) is 10.9. The number of amides is 1. The molecular weight excluding hydrogens is 318 g/mol. The minimum atomic E-state index is -1.02. The Morgan fingerprint density at radius 2 is 2.04 bits per heavy atom. The van der Waals surface area contributed by atoms with Gasteiger partial charge in [-0.1, -0.05) is 23.7 Å². The molecule has 1 aromatic carbocycles. The summed E-state index contributed by atoms with van der Waals surface area (Å²) < 4.78 is 5.15. The van der Waals surface area contributed by atoms with Crippen LogP contribution in [0, 0.1) is 6.92 Å². The minimum absolute atomic E-state index is 0.155. The number of nitrogen functional groups attached to an aromatic ring is 1. The van der Waals surface area contributed by atoms with Gasteiger partial charge in [-0.3, -0.25) is 4.79 Å². The smallest absolute Gasteiger partial charge is 0.341 e. The van der Waals surface area contributed by atoms with E-state index in [0.717, 1.165) is 5.56 Å². The number of pyridine rings is 1. The van der Waals surface area contributed by atoms with Gasteiger partial charge in [0.1, 0.15) is 0 Å². The molecular formula is C16H16ClN3O3. The molecule has 1 heterocycles. The number of aromatic nitrogens is 1. The highest BCUT2D eigenvalue weighted by Crippen LogP contribution is 2.20. The van der Waals surface area contributed by atoms with E-state index >= 15 is 0 Å². The fraction of sp³-hybridized carbons (Fsp3) is 0.188. The third kappa shape index (κ3) is 3.98. The number of nitrogens with two attached hydrogens (primary N) is 1. The van der Waals surface area contributed by atoms with Crippen LogP contribution in [0.4, 0.5) is 11.4 Å². The molecule has 0 unspecified atom stereocenters. The van der Waals surface area contributed by atoms with Crippen LogP contribution < -0.4 is 11.1 Å². The first-order valence-electron chi connectivity index (χ1n) is 6.87. The zero-order chi connectivity index (χ0) is 17.0. The second-order valence-electron chi connectivity index (χ2n) is 4.91. The third-order valence-corrected chi connectivity index (χ3v) is 3.52. The predicted molar refractivity (Wildman–Crippen MR) is 88.3 cm³/mol. The Morgan fingerprint density at radius 3 is 2.74 bits per heavy atom. The van der Waals surface area contributed by atoms with Crippen LogP contribution in [0.3, 0.4) is 0 Å². The van der Waals surface area contributed by atoms with Crippen molar-refractivity contribution in [3.8, 4) is 0 Å². The molecule has 0 radical (unpaired) electrons. The van der Waals surface area contributed by atoms with Crippen molar-refractivity contribution in [3.63, 3.8) is 0 Å². The average Bonchev–Trinajstić information content (AvgIpc) is 2.52. The fourth-order valence-corrected chi connectivity index (χ4v) is 2.02. The van der Waals surface area contributed by atoms with Gasteiger partial charge in [-0.2, -0.15) is 0 Å². The summed E-state index contributed by atoms with van der Waals surface area (Å²) in [6.45, 7) is 3.25. The summed E-state index contributed by atoms with van der Waals surface area (Å²) in [5.74, 6) is -1.18. The highest BCUT2D eigenvalue weighted by atomic mass is 35.5. The zero-order valence-corrected chi connectivity index (χ0v) is 13.4. The Kier molecular flexibility index (Phi) is 5.18. The molecule has 2 aromatic rings. The van der Waals surface area contributed by atoms with E-state index < -0.39 is 18.0 Å². The second kappa shape index (κ2) is 7.11. The SMILES string of the molecule is Cc1cccc(C(=O)O[C@H](C)C(=O)Nc2cccnc2Cl)c1N. The van der Waals surface area contributed by atoms with E-state index in [2.05, 4.69) is 10.3 Å². The monoisotopic (exact) mass is 333 g/mol. The van der Waals surface area contributed by atoms with Crippen LogP contribution in [0.1, 0.15) is 22.8 Å². The standard InChI is InChI=1S/C16H16ClN3O3/c1-9-5-3-6-11(13(9)18)16(22)23-10(2)15(21)20-12-7-4-8-19-14(12)17/h3-8,10H,18H2,1-2H3,(H,20,21)/t10-/m1/s1. The molecule has 0 spiro atoms. The molecule has 7 heteroatoms. The highest BCUT2D eigenvalue weighted by Gasteiger charge is 2.21. The molecule has 1 amide bonds. The average molecular weight is 334 g/mol. The van der Waals surface area contributed by atoms with E-state index in [-0.39, 0.29) is 10.7 Å². The number of rotatable bonds is 4. The highest BCUT2D eigenvalue weighted by molar-refractivity contribution is 6.32. The lowest BCUT2D eigenvalue weighted by Crippen LogP contribution is -2.30. The van der Waals surface area contributed by atoms with Crippen LogP contribution >= 0.6 is 11.6 Å². The van der Waals surface area contributed by atoms with Crippen LogP contribution in [0.5, 0.6) is 0 Å².